The molecule has 1 aliphatic rings. The van der Waals surface area contributed by atoms with Gasteiger partial charge in [0.2, 0.25) is 0 Å². The van der Waals surface area contributed by atoms with E-state index in [0.717, 1.165) is 12.0 Å². The molecule has 1 aliphatic heterocycles. The minimum atomic E-state index is -2.98. The highest BCUT2D eigenvalue weighted by Gasteiger charge is 2.35. The second-order valence-electron chi connectivity index (χ2n) is 7.32. The van der Waals surface area contributed by atoms with Crippen molar-refractivity contribution in [2.45, 2.75) is 52.2 Å². The standard InChI is InChI=1S/C18H27NO5S/c1-5-13-6-8-14(9-7-13)16(24-25(21)22)15-10-11-19(12-15)17(20)23-18(2,3)4/h6-9,15-16,25H,5,10-12H2,1-4H3. The van der Waals surface area contributed by atoms with E-state index in [9.17, 15) is 13.2 Å². The van der Waals surface area contributed by atoms with Crippen LogP contribution in [0.2, 0.25) is 0 Å². The first-order chi connectivity index (χ1) is 11.7. The van der Waals surface area contributed by atoms with Crippen LogP contribution in [0.5, 0.6) is 0 Å². The zero-order chi connectivity index (χ0) is 18.6. The van der Waals surface area contributed by atoms with Crippen LogP contribution in [0.1, 0.15) is 51.3 Å². The maximum Gasteiger partial charge on any atom is 0.410 e. The van der Waals surface area contributed by atoms with Gasteiger partial charge in [-0.2, -0.15) is 0 Å². The Morgan fingerprint density at radius 3 is 2.44 bits per heavy atom. The second kappa shape index (κ2) is 8.19. The molecule has 1 amide bonds. The number of benzene rings is 1. The Morgan fingerprint density at radius 1 is 1.28 bits per heavy atom. The Morgan fingerprint density at radius 2 is 1.92 bits per heavy atom. The Balaban J connectivity index is 2.12. The summed E-state index contributed by atoms with van der Waals surface area (Å²) in [6.45, 7) is 8.47. The van der Waals surface area contributed by atoms with Gasteiger partial charge in [-0.3, -0.25) is 4.18 Å². The maximum absolute atomic E-state index is 12.2. The van der Waals surface area contributed by atoms with E-state index in [1.54, 1.807) is 4.90 Å². The summed E-state index contributed by atoms with van der Waals surface area (Å²) < 4.78 is 32.9. The zero-order valence-electron chi connectivity index (χ0n) is 15.2. The number of carbonyl (C=O) groups excluding carboxylic acids is 1. The van der Waals surface area contributed by atoms with Gasteiger partial charge in [-0.15, -0.1) is 0 Å². The zero-order valence-corrected chi connectivity index (χ0v) is 16.1. The molecule has 25 heavy (non-hydrogen) atoms. The topological polar surface area (TPSA) is 72.9 Å². The summed E-state index contributed by atoms with van der Waals surface area (Å²) in [5.41, 5.74) is 1.43. The van der Waals surface area contributed by atoms with Gasteiger partial charge in [0.05, 0.1) is 0 Å². The fourth-order valence-corrected chi connectivity index (χ4v) is 3.46. The largest absolute Gasteiger partial charge is 0.444 e. The lowest BCUT2D eigenvalue weighted by Gasteiger charge is -2.25. The highest BCUT2D eigenvalue weighted by molar-refractivity contribution is 7.67. The number of rotatable bonds is 5. The van der Waals surface area contributed by atoms with Gasteiger partial charge in [-0.05, 0) is 44.7 Å². The van der Waals surface area contributed by atoms with Gasteiger partial charge in [-0.25, -0.2) is 13.2 Å². The lowest BCUT2D eigenvalue weighted by molar-refractivity contribution is 0.0275. The van der Waals surface area contributed by atoms with E-state index in [4.69, 9.17) is 8.92 Å². The molecule has 2 unspecified atom stereocenters. The van der Waals surface area contributed by atoms with Crippen molar-refractivity contribution in [1.82, 2.24) is 4.90 Å². The summed E-state index contributed by atoms with van der Waals surface area (Å²) in [5, 5.41) is 0. The van der Waals surface area contributed by atoms with Crippen molar-refractivity contribution >= 4 is 17.1 Å². The molecule has 1 heterocycles. The Labute approximate surface area is 151 Å². The van der Waals surface area contributed by atoms with Crippen molar-refractivity contribution in [3.63, 3.8) is 0 Å². The number of nitrogens with zero attached hydrogens (tertiary/aromatic N) is 1. The molecule has 7 heteroatoms. The van der Waals surface area contributed by atoms with Gasteiger partial charge >= 0.3 is 6.09 Å². The van der Waals surface area contributed by atoms with Gasteiger partial charge in [0.1, 0.15) is 11.7 Å². The van der Waals surface area contributed by atoms with E-state index in [0.29, 0.717) is 19.5 Å². The third kappa shape index (κ3) is 5.71. The molecule has 0 aromatic heterocycles. The Hall–Kier alpha value is -1.60. The molecular weight excluding hydrogens is 342 g/mol. The van der Waals surface area contributed by atoms with Crippen LogP contribution >= 0.6 is 0 Å². The monoisotopic (exact) mass is 369 g/mol. The number of amides is 1. The quantitative estimate of drug-likeness (QED) is 0.808. The SMILES string of the molecule is CCc1ccc(C(O[SH](=O)=O)C2CCN(C(=O)OC(C)(C)C)C2)cc1. The van der Waals surface area contributed by atoms with Crippen molar-refractivity contribution < 1.29 is 22.1 Å². The maximum atomic E-state index is 12.2. The molecule has 1 aromatic carbocycles. The predicted molar refractivity (Wildman–Crippen MR) is 95.9 cm³/mol. The van der Waals surface area contributed by atoms with Crippen LogP contribution in [0.25, 0.3) is 0 Å². The smallest absolute Gasteiger partial charge is 0.410 e. The van der Waals surface area contributed by atoms with Crippen LogP contribution < -0.4 is 0 Å². The normalized spacial score (nSPS) is 19.2. The average molecular weight is 369 g/mol. The summed E-state index contributed by atoms with van der Waals surface area (Å²) in [6, 6.07) is 7.76. The first kappa shape index (κ1) is 19.7. The minimum Gasteiger partial charge on any atom is -0.444 e. The molecule has 1 fully saturated rings. The molecular formula is C18H27NO5S. The van der Waals surface area contributed by atoms with Gasteiger partial charge in [-0.1, -0.05) is 31.2 Å². The van der Waals surface area contributed by atoms with Crippen LogP contribution in [0.3, 0.4) is 0 Å². The van der Waals surface area contributed by atoms with E-state index >= 15 is 0 Å². The number of ether oxygens (including phenoxy) is 1. The van der Waals surface area contributed by atoms with Crippen LogP contribution in [-0.4, -0.2) is 38.1 Å². The van der Waals surface area contributed by atoms with Crippen molar-refractivity contribution in [2.75, 3.05) is 13.1 Å². The van der Waals surface area contributed by atoms with Crippen LogP contribution in [0.15, 0.2) is 24.3 Å². The number of aryl methyl sites for hydroxylation is 1. The molecule has 0 N–H and O–H groups in total. The van der Waals surface area contributed by atoms with E-state index in [1.807, 2.05) is 45.0 Å². The van der Waals surface area contributed by atoms with Crippen LogP contribution in [-0.2, 0) is 26.3 Å². The van der Waals surface area contributed by atoms with Crippen LogP contribution in [0.4, 0.5) is 4.79 Å². The number of hydrogen-bond donors (Lipinski definition) is 1. The predicted octanol–water partition coefficient (Wildman–Crippen LogP) is 3.09. The molecule has 0 aliphatic carbocycles. The van der Waals surface area contributed by atoms with Gasteiger partial charge in [0.25, 0.3) is 11.0 Å². The molecule has 2 rings (SSSR count). The van der Waals surface area contributed by atoms with Crippen molar-refractivity contribution in [2.24, 2.45) is 5.92 Å². The van der Waals surface area contributed by atoms with Crippen LogP contribution in [0, 0.1) is 5.92 Å². The van der Waals surface area contributed by atoms with E-state index in [1.165, 1.54) is 5.56 Å². The summed E-state index contributed by atoms with van der Waals surface area (Å²) in [7, 11) is -2.98. The Kier molecular flexibility index (Phi) is 6.46. The van der Waals surface area contributed by atoms with Crippen molar-refractivity contribution in [1.29, 1.82) is 0 Å². The molecule has 140 valence electrons. The molecule has 2 atom stereocenters. The van der Waals surface area contributed by atoms with Gasteiger partial charge in [0.15, 0.2) is 0 Å². The van der Waals surface area contributed by atoms with Crippen molar-refractivity contribution in [3.8, 4) is 0 Å². The van der Waals surface area contributed by atoms with E-state index < -0.39 is 22.7 Å². The molecule has 1 aromatic rings. The fourth-order valence-electron chi connectivity index (χ4n) is 2.98. The molecule has 6 nitrogen and oxygen atoms in total. The highest BCUT2D eigenvalue weighted by atomic mass is 32.2. The summed E-state index contributed by atoms with van der Waals surface area (Å²) >= 11 is 0. The summed E-state index contributed by atoms with van der Waals surface area (Å²) in [5.74, 6) is -0.0899. The lowest BCUT2D eigenvalue weighted by atomic mass is 9.94. The lowest BCUT2D eigenvalue weighted by Crippen LogP contribution is -2.35. The Bertz CT molecular complexity index is 655. The van der Waals surface area contributed by atoms with E-state index in [-0.39, 0.29) is 12.0 Å². The van der Waals surface area contributed by atoms with Gasteiger partial charge in [0, 0.05) is 19.0 Å². The molecule has 0 radical (unpaired) electrons. The van der Waals surface area contributed by atoms with Crippen molar-refractivity contribution in [3.05, 3.63) is 35.4 Å². The molecule has 1 saturated heterocycles. The molecule has 0 saturated carbocycles. The van der Waals surface area contributed by atoms with E-state index in [2.05, 4.69) is 6.92 Å². The highest BCUT2D eigenvalue weighted by Crippen LogP contribution is 2.34. The number of hydrogen-bond acceptors (Lipinski definition) is 5. The number of likely N-dealkylation sites (tertiary alicyclic amines) is 1. The second-order valence-corrected chi connectivity index (χ2v) is 7.98. The third-order valence-electron chi connectivity index (χ3n) is 4.22. The first-order valence-corrected chi connectivity index (χ1v) is 9.67. The summed E-state index contributed by atoms with van der Waals surface area (Å²) in [6.07, 6.45) is 0.626. The number of carbonyl (C=O) groups is 1. The van der Waals surface area contributed by atoms with Gasteiger partial charge < -0.3 is 9.64 Å². The average Bonchev–Trinajstić information content (AvgIpc) is 3.01. The molecule has 0 spiro atoms. The summed E-state index contributed by atoms with van der Waals surface area (Å²) in [4.78, 5) is 13.8. The third-order valence-corrected chi connectivity index (χ3v) is 4.62. The first-order valence-electron chi connectivity index (χ1n) is 8.57. The minimum absolute atomic E-state index is 0.0899. The fraction of sp³-hybridized carbons (Fsp3) is 0.611. The number of thiol groups is 1. The molecule has 0 bridgehead atoms.